The molecule has 0 aliphatic carbocycles. The van der Waals surface area contributed by atoms with E-state index in [9.17, 15) is 0 Å². The zero-order chi connectivity index (χ0) is 18.0. The summed E-state index contributed by atoms with van der Waals surface area (Å²) in [5.74, 6) is 0.435. The second-order valence-corrected chi connectivity index (χ2v) is 6.64. The van der Waals surface area contributed by atoms with Crippen LogP contribution in [-0.4, -0.2) is 29.1 Å². The lowest BCUT2D eigenvalue weighted by molar-refractivity contribution is 0.213. The Bertz CT molecular complexity index is 976. The Labute approximate surface area is 150 Å². The zero-order valence-electron chi connectivity index (χ0n) is 14.6. The molecule has 25 heavy (non-hydrogen) atoms. The normalized spacial score (nSPS) is 12.2. The fourth-order valence-corrected chi connectivity index (χ4v) is 3.61. The number of oxime groups is 1. The molecule has 3 rings (SSSR count). The monoisotopic (exact) mass is 353 g/mol. The lowest BCUT2D eigenvalue weighted by Gasteiger charge is -2.05. The number of hydrogen-bond acceptors (Lipinski definition) is 6. The second kappa shape index (κ2) is 6.98. The van der Waals surface area contributed by atoms with Gasteiger partial charge in [-0.15, -0.1) is 11.3 Å². The van der Waals surface area contributed by atoms with Gasteiger partial charge in [0, 0.05) is 35.3 Å². The van der Waals surface area contributed by atoms with Crippen LogP contribution in [0.25, 0.3) is 10.2 Å². The molecule has 0 fully saturated rings. The number of fused-ring (bicyclic) bond motifs is 1. The molecule has 0 unspecified atom stereocenters. The van der Waals surface area contributed by atoms with Gasteiger partial charge >= 0.3 is 0 Å². The van der Waals surface area contributed by atoms with Crippen LogP contribution in [0.4, 0.5) is 5.69 Å². The first-order valence-corrected chi connectivity index (χ1v) is 8.56. The van der Waals surface area contributed by atoms with Gasteiger partial charge in [-0.1, -0.05) is 5.16 Å². The van der Waals surface area contributed by atoms with E-state index in [-0.39, 0.29) is 0 Å². The number of nitrogens with zero attached hydrogens (tertiary/aromatic N) is 4. The van der Waals surface area contributed by atoms with Crippen molar-refractivity contribution < 1.29 is 4.84 Å². The minimum absolute atomic E-state index is 0.435. The Hall–Kier alpha value is -2.80. The van der Waals surface area contributed by atoms with Crippen molar-refractivity contribution in [3.05, 3.63) is 51.8 Å². The van der Waals surface area contributed by atoms with Crippen molar-refractivity contribution in [3.63, 3.8) is 0 Å². The van der Waals surface area contributed by atoms with Gasteiger partial charge in [0.2, 0.25) is 0 Å². The number of pyridine rings is 2. The highest BCUT2D eigenvalue weighted by Gasteiger charge is 2.14. The number of rotatable bonds is 3. The van der Waals surface area contributed by atoms with E-state index in [0.29, 0.717) is 11.5 Å². The van der Waals surface area contributed by atoms with E-state index in [4.69, 9.17) is 10.6 Å². The van der Waals surface area contributed by atoms with Crippen molar-refractivity contribution in [2.75, 3.05) is 12.8 Å². The summed E-state index contributed by atoms with van der Waals surface area (Å²) in [7, 11) is 1.48. The highest BCUT2D eigenvalue weighted by atomic mass is 32.1. The predicted octanol–water partition coefficient (Wildman–Crippen LogP) is 3.63. The van der Waals surface area contributed by atoms with Crippen LogP contribution in [0.1, 0.15) is 27.3 Å². The van der Waals surface area contributed by atoms with Gasteiger partial charge in [0.25, 0.3) is 0 Å². The molecule has 0 amide bonds. The SMILES string of the molecule is CO/N=C(\N=Cc1sc2nc(C)c(C)c(C)c2c1N)c1cccnc1. The zero-order valence-corrected chi connectivity index (χ0v) is 15.4. The highest BCUT2D eigenvalue weighted by Crippen LogP contribution is 2.35. The molecule has 0 bridgehead atoms. The van der Waals surface area contributed by atoms with Crippen LogP contribution in [-0.2, 0) is 4.84 Å². The first-order valence-electron chi connectivity index (χ1n) is 7.74. The van der Waals surface area contributed by atoms with Crippen molar-refractivity contribution in [1.82, 2.24) is 9.97 Å². The molecular weight excluding hydrogens is 334 g/mol. The Balaban J connectivity index is 2.05. The number of nitrogen functional groups attached to an aromatic ring is 1. The molecule has 3 aromatic heterocycles. The summed E-state index contributed by atoms with van der Waals surface area (Å²) in [5.41, 5.74) is 11.2. The minimum Gasteiger partial charge on any atom is -0.397 e. The molecule has 0 saturated heterocycles. The topological polar surface area (TPSA) is 85.8 Å². The number of aryl methyl sites for hydroxylation is 2. The average molecular weight is 353 g/mol. The van der Waals surface area contributed by atoms with Gasteiger partial charge in [-0.25, -0.2) is 9.98 Å². The van der Waals surface area contributed by atoms with Crippen molar-refractivity contribution in [2.24, 2.45) is 10.1 Å². The molecule has 0 spiro atoms. The largest absolute Gasteiger partial charge is 0.397 e. The third-order valence-electron chi connectivity index (χ3n) is 4.11. The lowest BCUT2D eigenvalue weighted by atomic mass is 10.1. The molecule has 0 aliphatic rings. The Morgan fingerprint density at radius 3 is 2.76 bits per heavy atom. The number of anilines is 1. The Morgan fingerprint density at radius 2 is 2.08 bits per heavy atom. The number of aromatic nitrogens is 2. The van der Waals surface area contributed by atoms with Crippen LogP contribution in [0.5, 0.6) is 0 Å². The number of nitrogens with two attached hydrogens (primary N) is 1. The standard InChI is InChI=1S/C18H19N5OS/c1-10-11(2)15-16(19)14(25-18(15)22-12(10)3)9-21-17(23-24-4)13-6-5-7-20-8-13/h5-9H,19H2,1-4H3/b21-9?,23-17-. The summed E-state index contributed by atoms with van der Waals surface area (Å²) in [6, 6.07) is 3.69. The fraction of sp³-hybridized carbons (Fsp3) is 0.222. The highest BCUT2D eigenvalue weighted by molar-refractivity contribution is 7.21. The Morgan fingerprint density at radius 1 is 1.28 bits per heavy atom. The van der Waals surface area contributed by atoms with Gasteiger partial charge in [-0.05, 0) is 44.0 Å². The number of aliphatic imine (C=N–C) groups is 1. The summed E-state index contributed by atoms with van der Waals surface area (Å²) < 4.78 is 0. The summed E-state index contributed by atoms with van der Waals surface area (Å²) in [6.45, 7) is 6.15. The van der Waals surface area contributed by atoms with Gasteiger partial charge in [0.05, 0.1) is 10.6 Å². The van der Waals surface area contributed by atoms with Gasteiger partial charge in [0.15, 0.2) is 5.84 Å². The molecule has 0 aromatic carbocycles. The molecule has 0 saturated carbocycles. The maximum absolute atomic E-state index is 6.35. The van der Waals surface area contributed by atoms with Gasteiger partial charge in [0.1, 0.15) is 11.9 Å². The van der Waals surface area contributed by atoms with Gasteiger partial charge in [-0.3, -0.25) is 4.98 Å². The summed E-state index contributed by atoms with van der Waals surface area (Å²) in [4.78, 5) is 19.8. The van der Waals surface area contributed by atoms with E-state index in [2.05, 4.69) is 34.0 Å². The van der Waals surface area contributed by atoms with E-state index >= 15 is 0 Å². The predicted molar refractivity (Wildman–Crippen MR) is 104 cm³/mol. The number of amidine groups is 1. The van der Waals surface area contributed by atoms with Crippen LogP contribution in [0.2, 0.25) is 0 Å². The molecule has 7 heteroatoms. The third-order valence-corrected chi connectivity index (χ3v) is 5.14. The van der Waals surface area contributed by atoms with E-state index in [1.165, 1.54) is 18.4 Å². The summed E-state index contributed by atoms with van der Waals surface area (Å²) >= 11 is 1.52. The van der Waals surface area contributed by atoms with E-state index < -0.39 is 0 Å². The second-order valence-electron chi connectivity index (χ2n) is 5.60. The average Bonchev–Trinajstić information content (AvgIpc) is 2.93. The van der Waals surface area contributed by atoms with Crippen molar-refractivity contribution in [1.29, 1.82) is 0 Å². The molecule has 3 heterocycles. The molecule has 0 radical (unpaired) electrons. The molecule has 128 valence electrons. The van der Waals surface area contributed by atoms with Crippen LogP contribution in [0.15, 0.2) is 34.7 Å². The van der Waals surface area contributed by atoms with Crippen molar-refractivity contribution >= 4 is 39.3 Å². The maximum Gasteiger partial charge on any atom is 0.200 e. The molecule has 0 atom stereocenters. The molecule has 2 N–H and O–H groups in total. The van der Waals surface area contributed by atoms with Crippen LogP contribution >= 0.6 is 11.3 Å². The first kappa shape index (κ1) is 17.0. The summed E-state index contributed by atoms with van der Waals surface area (Å²) in [6.07, 6.45) is 5.08. The van der Waals surface area contributed by atoms with Crippen LogP contribution in [0, 0.1) is 20.8 Å². The smallest absolute Gasteiger partial charge is 0.200 e. The van der Waals surface area contributed by atoms with Gasteiger partial charge < -0.3 is 10.6 Å². The lowest BCUT2D eigenvalue weighted by Crippen LogP contribution is -2.00. The molecule has 0 aliphatic heterocycles. The molecular formula is C18H19N5OS. The fourth-order valence-electron chi connectivity index (χ4n) is 2.53. The van der Waals surface area contributed by atoms with E-state index in [0.717, 1.165) is 37.5 Å². The van der Waals surface area contributed by atoms with Crippen LogP contribution < -0.4 is 5.73 Å². The van der Waals surface area contributed by atoms with Crippen molar-refractivity contribution in [2.45, 2.75) is 20.8 Å². The Kier molecular flexibility index (Phi) is 4.76. The van der Waals surface area contributed by atoms with Gasteiger partial charge in [-0.2, -0.15) is 0 Å². The maximum atomic E-state index is 6.35. The first-order chi connectivity index (χ1) is 12.0. The number of hydrogen-bond donors (Lipinski definition) is 1. The summed E-state index contributed by atoms with van der Waals surface area (Å²) in [5, 5.41) is 4.97. The van der Waals surface area contributed by atoms with Crippen molar-refractivity contribution in [3.8, 4) is 0 Å². The third kappa shape index (κ3) is 3.23. The molecule has 6 nitrogen and oxygen atoms in total. The molecule has 3 aromatic rings. The van der Waals surface area contributed by atoms with Crippen LogP contribution in [0.3, 0.4) is 0 Å². The quantitative estimate of drug-likeness (QED) is 0.443. The minimum atomic E-state index is 0.435. The number of thiophene rings is 1. The van der Waals surface area contributed by atoms with E-state index in [1.54, 1.807) is 18.6 Å². The van der Waals surface area contributed by atoms with E-state index in [1.807, 2.05) is 19.1 Å².